The van der Waals surface area contributed by atoms with Gasteiger partial charge in [-0.2, -0.15) is 0 Å². The predicted octanol–water partition coefficient (Wildman–Crippen LogP) is 2.11. The summed E-state index contributed by atoms with van der Waals surface area (Å²) in [7, 11) is 0. The first-order chi connectivity index (χ1) is 16.0. The molecule has 2 aliphatic rings. The van der Waals surface area contributed by atoms with E-state index < -0.39 is 11.2 Å². The number of piperazine rings is 1. The van der Waals surface area contributed by atoms with Crippen molar-refractivity contribution in [2.24, 2.45) is 5.92 Å². The standard InChI is InChI=1S/C24H32ClN5O3/c25-20-5-4-19(17-21(20)30-12-8-22(31)27-24(30)33)23(32)29-15-13-28(14-16-29)11-2-1-3-18-6-9-26-10-7-18/h4-5,8,12,17-18,26H,1-3,6-7,9-11,13-16H2,(H,27,31,33). The molecule has 9 heteroatoms. The van der Waals surface area contributed by atoms with Gasteiger partial charge in [0.1, 0.15) is 0 Å². The minimum Gasteiger partial charge on any atom is -0.336 e. The largest absolute Gasteiger partial charge is 0.336 e. The Morgan fingerprint density at radius 1 is 1.03 bits per heavy atom. The molecule has 0 atom stereocenters. The van der Waals surface area contributed by atoms with E-state index in [0.717, 1.165) is 38.6 Å². The quantitative estimate of drug-likeness (QED) is 0.601. The molecule has 33 heavy (non-hydrogen) atoms. The summed E-state index contributed by atoms with van der Waals surface area (Å²) < 4.78 is 1.24. The number of hydrogen-bond acceptors (Lipinski definition) is 5. The average Bonchev–Trinajstić information content (AvgIpc) is 2.83. The van der Waals surface area contributed by atoms with Gasteiger partial charge in [0.05, 0.1) is 10.7 Å². The van der Waals surface area contributed by atoms with Gasteiger partial charge in [-0.15, -0.1) is 0 Å². The number of aromatic nitrogens is 2. The Bertz CT molecular complexity index is 1070. The van der Waals surface area contributed by atoms with Crippen LogP contribution in [0.4, 0.5) is 0 Å². The second kappa shape index (κ2) is 11.1. The van der Waals surface area contributed by atoms with Crippen molar-refractivity contribution in [3.63, 3.8) is 0 Å². The van der Waals surface area contributed by atoms with E-state index >= 15 is 0 Å². The number of halogens is 1. The summed E-state index contributed by atoms with van der Waals surface area (Å²) in [6.45, 7) is 6.53. The highest BCUT2D eigenvalue weighted by Gasteiger charge is 2.23. The molecule has 2 saturated heterocycles. The summed E-state index contributed by atoms with van der Waals surface area (Å²) in [6, 6.07) is 6.15. The zero-order valence-corrected chi connectivity index (χ0v) is 19.6. The van der Waals surface area contributed by atoms with Gasteiger partial charge < -0.3 is 10.2 Å². The molecule has 4 rings (SSSR count). The van der Waals surface area contributed by atoms with Crippen LogP contribution in [-0.4, -0.2) is 71.1 Å². The molecule has 2 fully saturated rings. The SMILES string of the molecule is O=C(c1ccc(Cl)c(-n2ccc(=O)[nH]c2=O)c1)N1CCN(CCCCC2CCNCC2)CC1. The van der Waals surface area contributed by atoms with Gasteiger partial charge in [-0.25, -0.2) is 4.79 Å². The van der Waals surface area contributed by atoms with Gasteiger partial charge in [0.15, 0.2) is 0 Å². The third kappa shape index (κ3) is 6.13. The average molecular weight is 474 g/mol. The fraction of sp³-hybridized carbons (Fsp3) is 0.542. The maximum Gasteiger partial charge on any atom is 0.332 e. The number of aromatic amines is 1. The van der Waals surface area contributed by atoms with Crippen molar-refractivity contribution in [1.29, 1.82) is 0 Å². The van der Waals surface area contributed by atoms with Crippen LogP contribution < -0.4 is 16.6 Å². The maximum absolute atomic E-state index is 13.1. The number of amides is 1. The molecule has 1 aromatic carbocycles. The number of hydrogen-bond donors (Lipinski definition) is 2. The summed E-state index contributed by atoms with van der Waals surface area (Å²) >= 11 is 6.28. The van der Waals surface area contributed by atoms with Crippen molar-refractivity contribution < 1.29 is 4.79 Å². The number of piperidine rings is 1. The van der Waals surface area contributed by atoms with Gasteiger partial charge in [0.2, 0.25) is 0 Å². The molecule has 1 aromatic heterocycles. The molecule has 0 bridgehead atoms. The molecule has 0 radical (unpaired) electrons. The molecule has 3 heterocycles. The van der Waals surface area contributed by atoms with Crippen LogP contribution in [0.3, 0.4) is 0 Å². The van der Waals surface area contributed by atoms with Crippen LogP contribution in [0.1, 0.15) is 42.5 Å². The molecule has 0 saturated carbocycles. The van der Waals surface area contributed by atoms with E-state index in [0.29, 0.717) is 29.4 Å². The van der Waals surface area contributed by atoms with E-state index in [9.17, 15) is 14.4 Å². The van der Waals surface area contributed by atoms with Crippen LogP contribution in [-0.2, 0) is 0 Å². The number of H-pyrrole nitrogens is 1. The Labute approximate surface area is 198 Å². The van der Waals surface area contributed by atoms with E-state index in [-0.39, 0.29) is 5.91 Å². The Morgan fingerprint density at radius 2 is 1.79 bits per heavy atom. The van der Waals surface area contributed by atoms with Crippen molar-refractivity contribution in [2.75, 3.05) is 45.8 Å². The van der Waals surface area contributed by atoms with Crippen LogP contribution in [0, 0.1) is 5.92 Å². The third-order valence-corrected chi connectivity index (χ3v) is 7.05. The van der Waals surface area contributed by atoms with Crippen LogP contribution in [0.2, 0.25) is 5.02 Å². The van der Waals surface area contributed by atoms with E-state index in [2.05, 4.69) is 15.2 Å². The van der Waals surface area contributed by atoms with E-state index in [1.54, 1.807) is 18.2 Å². The van der Waals surface area contributed by atoms with Crippen LogP contribution in [0.5, 0.6) is 0 Å². The number of unbranched alkanes of at least 4 members (excludes halogenated alkanes) is 1. The summed E-state index contributed by atoms with van der Waals surface area (Å²) in [5.41, 5.74) is -0.231. The topological polar surface area (TPSA) is 90.4 Å². The Balaban J connectivity index is 1.29. The van der Waals surface area contributed by atoms with Gasteiger partial charge in [0.25, 0.3) is 11.5 Å². The van der Waals surface area contributed by atoms with E-state index in [1.807, 2.05) is 4.90 Å². The van der Waals surface area contributed by atoms with Crippen molar-refractivity contribution in [1.82, 2.24) is 24.7 Å². The lowest BCUT2D eigenvalue weighted by Gasteiger charge is -2.35. The summed E-state index contributed by atoms with van der Waals surface area (Å²) in [5.74, 6) is 0.813. The number of carbonyl (C=O) groups is 1. The van der Waals surface area contributed by atoms with Gasteiger partial charge in [-0.05, 0) is 63.0 Å². The molecular formula is C24H32ClN5O3. The Hall–Kier alpha value is -2.42. The molecule has 2 N–H and O–H groups in total. The molecule has 8 nitrogen and oxygen atoms in total. The zero-order chi connectivity index (χ0) is 23.2. The normalized spacial score (nSPS) is 17.9. The van der Waals surface area contributed by atoms with Crippen LogP contribution >= 0.6 is 11.6 Å². The molecule has 178 valence electrons. The highest BCUT2D eigenvalue weighted by Crippen LogP contribution is 2.22. The molecule has 0 unspecified atom stereocenters. The third-order valence-electron chi connectivity index (χ3n) is 6.73. The predicted molar refractivity (Wildman–Crippen MR) is 129 cm³/mol. The molecule has 1 amide bonds. The molecule has 2 aromatic rings. The maximum atomic E-state index is 13.1. The second-order valence-corrected chi connectivity index (χ2v) is 9.38. The second-order valence-electron chi connectivity index (χ2n) is 8.97. The first-order valence-corrected chi connectivity index (χ1v) is 12.2. The fourth-order valence-electron chi connectivity index (χ4n) is 4.73. The van der Waals surface area contributed by atoms with Gasteiger partial charge in [0, 0.05) is 44.0 Å². The van der Waals surface area contributed by atoms with Gasteiger partial charge >= 0.3 is 5.69 Å². The number of carbonyl (C=O) groups excluding carboxylic acids is 1. The minimum absolute atomic E-state index is 0.0732. The smallest absolute Gasteiger partial charge is 0.332 e. The fourth-order valence-corrected chi connectivity index (χ4v) is 4.94. The monoisotopic (exact) mass is 473 g/mol. The summed E-state index contributed by atoms with van der Waals surface area (Å²) in [5, 5.41) is 3.75. The molecular weight excluding hydrogens is 442 g/mol. The summed E-state index contributed by atoms with van der Waals surface area (Å²) in [4.78, 5) is 43.1. The molecule has 0 spiro atoms. The number of nitrogens with zero attached hydrogens (tertiary/aromatic N) is 3. The van der Waals surface area contributed by atoms with E-state index in [4.69, 9.17) is 11.6 Å². The van der Waals surface area contributed by atoms with Gasteiger partial charge in [-0.3, -0.25) is 24.0 Å². The lowest BCUT2D eigenvalue weighted by Crippen LogP contribution is -2.48. The number of benzene rings is 1. The van der Waals surface area contributed by atoms with Crippen LogP contribution in [0.15, 0.2) is 40.1 Å². The lowest BCUT2D eigenvalue weighted by atomic mass is 9.92. The highest BCUT2D eigenvalue weighted by atomic mass is 35.5. The van der Waals surface area contributed by atoms with E-state index in [1.165, 1.54) is 48.9 Å². The zero-order valence-electron chi connectivity index (χ0n) is 18.9. The summed E-state index contributed by atoms with van der Waals surface area (Å²) in [6.07, 6.45) is 7.81. The molecule has 0 aliphatic carbocycles. The van der Waals surface area contributed by atoms with Gasteiger partial charge in [-0.1, -0.05) is 24.4 Å². The highest BCUT2D eigenvalue weighted by molar-refractivity contribution is 6.32. The minimum atomic E-state index is -0.595. The number of nitrogens with one attached hydrogen (secondary N) is 2. The lowest BCUT2D eigenvalue weighted by molar-refractivity contribution is 0.0634. The van der Waals surface area contributed by atoms with Crippen molar-refractivity contribution in [3.05, 3.63) is 61.9 Å². The van der Waals surface area contributed by atoms with Crippen molar-refractivity contribution in [2.45, 2.75) is 32.1 Å². The first kappa shape index (κ1) is 23.7. The van der Waals surface area contributed by atoms with Crippen molar-refractivity contribution in [3.8, 4) is 5.69 Å². The van der Waals surface area contributed by atoms with Crippen LogP contribution in [0.25, 0.3) is 5.69 Å². The van der Waals surface area contributed by atoms with Crippen molar-refractivity contribution >= 4 is 17.5 Å². The Kier molecular flexibility index (Phi) is 8.01. The first-order valence-electron chi connectivity index (χ1n) is 11.9. The molecule has 2 aliphatic heterocycles. The Morgan fingerprint density at radius 3 is 2.52 bits per heavy atom. The number of rotatable bonds is 7.